The van der Waals surface area contributed by atoms with Crippen molar-refractivity contribution in [3.8, 4) is 0 Å². The van der Waals surface area contributed by atoms with Gasteiger partial charge in [0.25, 0.3) is 0 Å². The largest absolute Gasteiger partial charge is 0.480 e. The van der Waals surface area contributed by atoms with E-state index in [1.807, 2.05) is 0 Å². The van der Waals surface area contributed by atoms with Crippen LogP contribution in [0, 0.1) is 10.1 Å². The van der Waals surface area contributed by atoms with E-state index < -0.39 is 16.9 Å². The van der Waals surface area contributed by atoms with Crippen LogP contribution in [-0.4, -0.2) is 27.8 Å². The molecular weight excluding hydrogens is 236 g/mol. The molecule has 0 amide bonds. The molecule has 1 unspecified atom stereocenters. The van der Waals surface area contributed by atoms with Gasteiger partial charge < -0.3 is 15.3 Å². The zero-order valence-corrected chi connectivity index (χ0v) is 8.98. The van der Waals surface area contributed by atoms with Crippen LogP contribution in [0.25, 0.3) is 0 Å². The summed E-state index contributed by atoms with van der Waals surface area (Å²) >= 11 is 1.25. The van der Waals surface area contributed by atoms with E-state index in [9.17, 15) is 14.9 Å². The summed E-state index contributed by atoms with van der Waals surface area (Å²) in [5.41, 5.74) is 5.27. The lowest BCUT2D eigenvalue weighted by atomic mass is 10.4. The summed E-state index contributed by atoms with van der Waals surface area (Å²) in [5.74, 6) is -0.385. The van der Waals surface area contributed by atoms with Crippen LogP contribution in [0.1, 0.15) is 5.76 Å². The molecule has 1 heterocycles. The van der Waals surface area contributed by atoms with Gasteiger partial charge in [0, 0.05) is 5.75 Å². The predicted molar refractivity (Wildman–Crippen MR) is 57.1 cm³/mol. The standard InChI is InChI=1S/C8H10N2O5S/c9-6(8(11)12)4-16-3-5-1-2-7(15-5)10(13)14/h1-2,6H,3-4,9H2,(H,11,12). The molecule has 88 valence electrons. The van der Waals surface area contributed by atoms with Crippen molar-refractivity contribution >= 4 is 23.6 Å². The van der Waals surface area contributed by atoms with Gasteiger partial charge in [0.2, 0.25) is 0 Å². The number of nitrogens with zero attached hydrogens (tertiary/aromatic N) is 1. The average Bonchev–Trinajstić information content (AvgIpc) is 2.66. The van der Waals surface area contributed by atoms with Crippen LogP contribution >= 0.6 is 11.8 Å². The highest BCUT2D eigenvalue weighted by atomic mass is 32.2. The molecule has 16 heavy (non-hydrogen) atoms. The first-order valence-electron chi connectivity index (χ1n) is 4.30. The lowest BCUT2D eigenvalue weighted by Gasteiger charge is -2.03. The summed E-state index contributed by atoms with van der Waals surface area (Å²) in [6.45, 7) is 0. The van der Waals surface area contributed by atoms with Crippen LogP contribution in [0.5, 0.6) is 0 Å². The maximum atomic E-state index is 10.4. The number of hydrogen-bond acceptors (Lipinski definition) is 6. The number of hydrogen-bond donors (Lipinski definition) is 2. The van der Waals surface area contributed by atoms with Crippen molar-refractivity contribution in [2.45, 2.75) is 11.8 Å². The molecule has 1 rings (SSSR count). The quantitative estimate of drug-likeness (QED) is 0.563. The van der Waals surface area contributed by atoms with Crippen LogP contribution in [0.4, 0.5) is 5.88 Å². The van der Waals surface area contributed by atoms with Gasteiger partial charge in [0.1, 0.15) is 16.7 Å². The van der Waals surface area contributed by atoms with Gasteiger partial charge in [-0.3, -0.25) is 14.9 Å². The fourth-order valence-electron chi connectivity index (χ4n) is 0.900. The van der Waals surface area contributed by atoms with E-state index in [1.165, 1.54) is 23.9 Å². The highest BCUT2D eigenvalue weighted by Gasteiger charge is 2.14. The number of carboxylic acids is 1. The summed E-state index contributed by atoms with van der Waals surface area (Å²) in [6.07, 6.45) is 0. The SMILES string of the molecule is NC(CSCc1ccc([N+](=O)[O-])o1)C(=O)O. The molecule has 0 fully saturated rings. The first kappa shape index (κ1) is 12.5. The van der Waals surface area contributed by atoms with Crippen molar-refractivity contribution in [3.05, 3.63) is 28.0 Å². The number of nitro groups is 1. The second-order valence-corrected chi connectivity index (χ2v) is 3.99. The van der Waals surface area contributed by atoms with E-state index in [-0.39, 0.29) is 11.6 Å². The molecule has 7 nitrogen and oxygen atoms in total. The predicted octanol–water partition coefficient (Wildman–Crippen LogP) is 0.833. The lowest BCUT2D eigenvalue weighted by Crippen LogP contribution is -2.32. The molecule has 0 aliphatic heterocycles. The van der Waals surface area contributed by atoms with Crippen molar-refractivity contribution in [1.82, 2.24) is 0 Å². The Morgan fingerprint density at radius 1 is 1.69 bits per heavy atom. The fourth-order valence-corrected chi connectivity index (χ4v) is 1.77. The number of rotatable bonds is 6. The molecule has 0 aliphatic carbocycles. The van der Waals surface area contributed by atoms with Crippen molar-refractivity contribution < 1.29 is 19.2 Å². The monoisotopic (exact) mass is 246 g/mol. The van der Waals surface area contributed by atoms with Crippen LogP contribution in [0.3, 0.4) is 0 Å². The molecule has 8 heteroatoms. The fraction of sp³-hybridized carbons (Fsp3) is 0.375. The zero-order chi connectivity index (χ0) is 12.1. The van der Waals surface area contributed by atoms with Gasteiger partial charge in [-0.05, 0) is 6.07 Å². The van der Waals surface area contributed by atoms with Crippen LogP contribution in [-0.2, 0) is 10.5 Å². The Labute approximate surface area is 94.8 Å². The molecule has 3 N–H and O–H groups in total. The van der Waals surface area contributed by atoms with E-state index >= 15 is 0 Å². The average molecular weight is 246 g/mol. The van der Waals surface area contributed by atoms with Crippen molar-refractivity contribution in [2.75, 3.05) is 5.75 Å². The van der Waals surface area contributed by atoms with Gasteiger partial charge in [0.05, 0.1) is 11.8 Å². The summed E-state index contributed by atoms with van der Waals surface area (Å²) in [6, 6.07) is 1.81. The first-order valence-corrected chi connectivity index (χ1v) is 5.45. The van der Waals surface area contributed by atoms with Gasteiger partial charge in [-0.2, -0.15) is 11.8 Å². The van der Waals surface area contributed by atoms with E-state index in [2.05, 4.69) is 0 Å². The Bertz CT molecular complexity index is 392. The van der Waals surface area contributed by atoms with Gasteiger partial charge in [-0.15, -0.1) is 0 Å². The normalized spacial score (nSPS) is 12.3. The Hall–Kier alpha value is -1.54. The van der Waals surface area contributed by atoms with E-state index in [1.54, 1.807) is 0 Å². The number of thioether (sulfide) groups is 1. The minimum absolute atomic E-state index is 0.226. The van der Waals surface area contributed by atoms with Crippen LogP contribution in [0.2, 0.25) is 0 Å². The second kappa shape index (κ2) is 5.52. The summed E-state index contributed by atoms with van der Waals surface area (Å²) in [7, 11) is 0. The van der Waals surface area contributed by atoms with Crippen molar-refractivity contribution in [2.24, 2.45) is 5.73 Å². The number of carboxylic acid groups (broad SMARTS) is 1. The lowest BCUT2D eigenvalue weighted by molar-refractivity contribution is -0.402. The van der Waals surface area contributed by atoms with E-state index in [0.29, 0.717) is 11.5 Å². The minimum atomic E-state index is -1.07. The number of nitrogens with two attached hydrogens (primary N) is 1. The van der Waals surface area contributed by atoms with Crippen LogP contribution < -0.4 is 5.73 Å². The van der Waals surface area contributed by atoms with Gasteiger partial charge in [-0.25, -0.2) is 0 Å². The highest BCUT2D eigenvalue weighted by Crippen LogP contribution is 2.20. The smallest absolute Gasteiger partial charge is 0.433 e. The summed E-state index contributed by atoms with van der Waals surface area (Å²) in [5, 5.41) is 18.8. The first-order chi connectivity index (χ1) is 7.50. The number of furan rings is 1. The molecule has 0 saturated carbocycles. The van der Waals surface area contributed by atoms with Gasteiger partial charge in [0.15, 0.2) is 0 Å². The third-order valence-corrected chi connectivity index (χ3v) is 2.77. The Balaban J connectivity index is 2.37. The summed E-state index contributed by atoms with van der Waals surface area (Å²) < 4.78 is 4.88. The third kappa shape index (κ3) is 3.55. The second-order valence-electron chi connectivity index (χ2n) is 2.96. The maximum absolute atomic E-state index is 10.4. The molecule has 0 aliphatic rings. The topological polar surface area (TPSA) is 120 Å². The highest BCUT2D eigenvalue weighted by molar-refractivity contribution is 7.98. The minimum Gasteiger partial charge on any atom is -0.480 e. The number of aliphatic carboxylic acids is 1. The molecule has 1 aromatic heterocycles. The molecule has 0 radical (unpaired) electrons. The molecule has 0 spiro atoms. The molecule has 0 bridgehead atoms. The third-order valence-electron chi connectivity index (χ3n) is 1.69. The Morgan fingerprint density at radius 3 is 2.88 bits per heavy atom. The Morgan fingerprint density at radius 2 is 2.38 bits per heavy atom. The summed E-state index contributed by atoms with van der Waals surface area (Å²) in [4.78, 5) is 20.0. The zero-order valence-electron chi connectivity index (χ0n) is 8.16. The van der Waals surface area contributed by atoms with E-state index in [4.69, 9.17) is 15.3 Å². The molecule has 1 aromatic rings. The molecule has 1 atom stereocenters. The van der Waals surface area contributed by atoms with Crippen molar-refractivity contribution in [1.29, 1.82) is 0 Å². The van der Waals surface area contributed by atoms with Crippen LogP contribution in [0.15, 0.2) is 16.5 Å². The van der Waals surface area contributed by atoms with Crippen molar-refractivity contribution in [3.63, 3.8) is 0 Å². The van der Waals surface area contributed by atoms with Gasteiger partial charge >= 0.3 is 11.9 Å². The Kier molecular flexibility index (Phi) is 4.32. The van der Waals surface area contributed by atoms with E-state index in [0.717, 1.165) is 0 Å². The van der Waals surface area contributed by atoms with Gasteiger partial charge in [-0.1, -0.05) is 0 Å². The number of carbonyl (C=O) groups is 1. The molecule has 0 saturated heterocycles. The molecule has 0 aromatic carbocycles. The maximum Gasteiger partial charge on any atom is 0.433 e. The molecular formula is C8H10N2O5S.